The summed E-state index contributed by atoms with van der Waals surface area (Å²) in [7, 11) is 0. The summed E-state index contributed by atoms with van der Waals surface area (Å²) < 4.78 is 1.14. The molecule has 2 N–H and O–H groups in total. The molecule has 0 atom stereocenters. The molecule has 0 unspecified atom stereocenters. The van der Waals surface area contributed by atoms with Crippen LogP contribution < -0.4 is 10.6 Å². The number of carbonyl (C=O) groups excluding carboxylic acids is 2. The maximum absolute atomic E-state index is 12.1. The number of nitrogens with one attached hydrogen (secondary N) is 2. The van der Waals surface area contributed by atoms with Crippen LogP contribution in [0.25, 0.3) is 20.8 Å². The lowest BCUT2D eigenvalue weighted by Crippen LogP contribution is -2.29. The predicted molar refractivity (Wildman–Crippen MR) is 111 cm³/mol. The molecule has 0 fully saturated rings. The highest BCUT2D eigenvalue weighted by Gasteiger charge is 2.14. The SMILES string of the molecule is Cc1ccc2nc(-c3ccc(NC(=O)C(=O)Nc4ccccn4)cc3)sc2c1. The van der Waals surface area contributed by atoms with Crippen molar-refractivity contribution in [3.63, 3.8) is 0 Å². The molecule has 4 rings (SSSR count). The minimum atomic E-state index is -0.774. The number of nitrogens with zero attached hydrogens (tertiary/aromatic N) is 2. The molecule has 0 spiro atoms. The van der Waals surface area contributed by atoms with E-state index in [2.05, 4.69) is 33.6 Å². The Morgan fingerprint density at radius 1 is 0.929 bits per heavy atom. The zero-order valence-electron chi connectivity index (χ0n) is 15.0. The van der Waals surface area contributed by atoms with Gasteiger partial charge in [0.2, 0.25) is 0 Å². The Hall–Kier alpha value is -3.58. The second-order valence-corrected chi connectivity index (χ2v) is 7.22. The molecule has 0 radical (unpaired) electrons. The Kier molecular flexibility index (Phi) is 4.82. The van der Waals surface area contributed by atoms with Crippen molar-refractivity contribution in [2.24, 2.45) is 0 Å². The average molecular weight is 388 g/mol. The Balaban J connectivity index is 1.45. The number of rotatable bonds is 3. The maximum Gasteiger partial charge on any atom is 0.315 e. The monoisotopic (exact) mass is 388 g/mol. The number of aromatic nitrogens is 2. The first kappa shape index (κ1) is 17.8. The number of aryl methyl sites for hydroxylation is 1. The predicted octanol–water partition coefficient (Wildman–Crippen LogP) is 4.24. The van der Waals surface area contributed by atoms with Crippen molar-refractivity contribution < 1.29 is 9.59 Å². The number of hydrogen-bond acceptors (Lipinski definition) is 5. The molecule has 2 aromatic carbocycles. The molecule has 0 aliphatic rings. The third kappa shape index (κ3) is 3.89. The summed E-state index contributed by atoms with van der Waals surface area (Å²) in [6.07, 6.45) is 1.54. The fourth-order valence-electron chi connectivity index (χ4n) is 2.65. The van der Waals surface area contributed by atoms with E-state index in [1.807, 2.05) is 24.3 Å². The van der Waals surface area contributed by atoms with Crippen molar-refractivity contribution >= 4 is 44.9 Å². The van der Waals surface area contributed by atoms with Crippen molar-refractivity contribution in [3.05, 3.63) is 72.4 Å². The lowest BCUT2D eigenvalue weighted by molar-refractivity contribution is -0.133. The van der Waals surface area contributed by atoms with Crippen molar-refractivity contribution in [1.82, 2.24) is 9.97 Å². The van der Waals surface area contributed by atoms with Crippen molar-refractivity contribution in [2.45, 2.75) is 6.92 Å². The van der Waals surface area contributed by atoms with Gasteiger partial charge in [0.05, 0.1) is 10.2 Å². The van der Waals surface area contributed by atoms with E-state index < -0.39 is 11.8 Å². The van der Waals surface area contributed by atoms with E-state index in [9.17, 15) is 9.59 Å². The van der Waals surface area contributed by atoms with Gasteiger partial charge in [-0.3, -0.25) is 9.59 Å². The van der Waals surface area contributed by atoms with E-state index in [0.29, 0.717) is 11.5 Å². The first-order valence-corrected chi connectivity index (χ1v) is 9.41. The molecule has 0 aliphatic carbocycles. The van der Waals surface area contributed by atoms with Gasteiger partial charge in [0.25, 0.3) is 0 Å². The third-order valence-electron chi connectivity index (χ3n) is 4.05. The zero-order valence-corrected chi connectivity index (χ0v) is 15.8. The molecule has 4 aromatic rings. The quantitative estimate of drug-likeness (QED) is 0.514. The van der Waals surface area contributed by atoms with E-state index >= 15 is 0 Å². The maximum atomic E-state index is 12.1. The number of benzene rings is 2. The van der Waals surface area contributed by atoms with Crippen LogP contribution in [-0.4, -0.2) is 21.8 Å². The molecule has 6 nitrogen and oxygen atoms in total. The lowest BCUT2D eigenvalue weighted by atomic mass is 10.2. The first-order valence-electron chi connectivity index (χ1n) is 8.59. The molecular weight excluding hydrogens is 372 g/mol. The Morgan fingerprint density at radius 2 is 1.71 bits per heavy atom. The second kappa shape index (κ2) is 7.58. The summed E-state index contributed by atoms with van der Waals surface area (Å²) in [5, 5.41) is 5.94. The van der Waals surface area contributed by atoms with E-state index in [1.165, 1.54) is 11.8 Å². The smallest absolute Gasteiger partial charge is 0.315 e. The van der Waals surface area contributed by atoms with Crippen LogP contribution in [0.2, 0.25) is 0 Å². The van der Waals surface area contributed by atoms with Gasteiger partial charge in [-0.15, -0.1) is 11.3 Å². The number of carbonyl (C=O) groups is 2. The minimum Gasteiger partial charge on any atom is -0.318 e. The molecule has 7 heteroatoms. The van der Waals surface area contributed by atoms with Gasteiger partial charge >= 0.3 is 11.8 Å². The van der Waals surface area contributed by atoms with Crippen LogP contribution in [0.4, 0.5) is 11.5 Å². The number of fused-ring (bicyclic) bond motifs is 1. The zero-order chi connectivity index (χ0) is 19.5. The molecule has 2 heterocycles. The third-order valence-corrected chi connectivity index (χ3v) is 5.11. The van der Waals surface area contributed by atoms with E-state index in [4.69, 9.17) is 0 Å². The number of anilines is 2. The van der Waals surface area contributed by atoms with Crippen LogP contribution in [0.5, 0.6) is 0 Å². The Labute approximate surface area is 165 Å². The van der Waals surface area contributed by atoms with Crippen molar-refractivity contribution in [1.29, 1.82) is 0 Å². The van der Waals surface area contributed by atoms with E-state index in [0.717, 1.165) is 20.8 Å². The standard InChI is InChI=1S/C21H16N4O2S/c1-13-5-10-16-17(12-13)28-21(24-16)14-6-8-15(9-7-14)23-19(26)20(27)25-18-4-2-3-11-22-18/h2-12H,1H3,(H,23,26)(H,22,25,27). The van der Waals surface area contributed by atoms with E-state index in [1.54, 1.807) is 41.7 Å². The van der Waals surface area contributed by atoms with Crippen LogP contribution in [-0.2, 0) is 9.59 Å². The number of pyridine rings is 1. The second-order valence-electron chi connectivity index (χ2n) is 6.19. The van der Waals surface area contributed by atoms with Gasteiger partial charge in [0, 0.05) is 17.4 Å². The fraction of sp³-hybridized carbons (Fsp3) is 0.0476. The molecule has 2 aromatic heterocycles. The summed E-state index contributed by atoms with van der Waals surface area (Å²) in [5.41, 5.74) is 3.65. The molecule has 28 heavy (non-hydrogen) atoms. The first-order chi connectivity index (χ1) is 13.6. The highest BCUT2D eigenvalue weighted by molar-refractivity contribution is 7.21. The summed E-state index contributed by atoms with van der Waals surface area (Å²) in [5.74, 6) is -1.21. The van der Waals surface area contributed by atoms with Crippen LogP contribution in [0, 0.1) is 6.92 Å². The van der Waals surface area contributed by atoms with Gasteiger partial charge in [-0.05, 0) is 61.0 Å². The van der Waals surface area contributed by atoms with Crippen LogP contribution in [0.3, 0.4) is 0 Å². The molecule has 2 amide bonds. The summed E-state index contributed by atoms with van der Waals surface area (Å²) in [6.45, 7) is 2.06. The highest BCUT2D eigenvalue weighted by Crippen LogP contribution is 2.31. The minimum absolute atomic E-state index is 0.323. The normalized spacial score (nSPS) is 10.6. The number of thiazole rings is 1. The van der Waals surface area contributed by atoms with Gasteiger partial charge < -0.3 is 10.6 Å². The molecule has 0 aliphatic heterocycles. The lowest BCUT2D eigenvalue weighted by Gasteiger charge is -2.06. The van der Waals surface area contributed by atoms with Crippen molar-refractivity contribution in [2.75, 3.05) is 10.6 Å². The number of hydrogen-bond donors (Lipinski definition) is 2. The molecule has 0 bridgehead atoms. The van der Waals surface area contributed by atoms with Crippen LogP contribution >= 0.6 is 11.3 Å². The molecule has 138 valence electrons. The average Bonchev–Trinajstić information content (AvgIpc) is 3.12. The topological polar surface area (TPSA) is 84.0 Å². The van der Waals surface area contributed by atoms with Gasteiger partial charge in [-0.25, -0.2) is 9.97 Å². The van der Waals surface area contributed by atoms with Crippen LogP contribution in [0.15, 0.2) is 66.9 Å². The largest absolute Gasteiger partial charge is 0.318 e. The summed E-state index contributed by atoms with van der Waals surface area (Å²) >= 11 is 1.62. The van der Waals surface area contributed by atoms with Gasteiger partial charge in [-0.1, -0.05) is 12.1 Å². The molecular formula is C21H16N4O2S. The Morgan fingerprint density at radius 3 is 2.46 bits per heavy atom. The summed E-state index contributed by atoms with van der Waals surface area (Å²) in [4.78, 5) is 32.6. The van der Waals surface area contributed by atoms with Gasteiger partial charge in [-0.2, -0.15) is 0 Å². The fourth-order valence-corrected chi connectivity index (χ4v) is 3.72. The molecule has 0 saturated heterocycles. The highest BCUT2D eigenvalue weighted by atomic mass is 32.1. The van der Waals surface area contributed by atoms with Gasteiger partial charge in [0.1, 0.15) is 10.8 Å². The number of amides is 2. The van der Waals surface area contributed by atoms with Gasteiger partial charge in [0.15, 0.2) is 0 Å². The van der Waals surface area contributed by atoms with Crippen molar-refractivity contribution in [3.8, 4) is 10.6 Å². The van der Waals surface area contributed by atoms with E-state index in [-0.39, 0.29) is 0 Å². The van der Waals surface area contributed by atoms with Crippen LogP contribution in [0.1, 0.15) is 5.56 Å². The summed E-state index contributed by atoms with van der Waals surface area (Å²) in [6, 6.07) is 18.5. The Bertz CT molecular complexity index is 1150. The molecule has 0 saturated carbocycles.